The monoisotopic (exact) mass is 301 g/mol. The molecule has 0 bridgehead atoms. The van der Waals surface area contributed by atoms with Gasteiger partial charge in [-0.25, -0.2) is 0 Å². The van der Waals surface area contributed by atoms with Gasteiger partial charge in [-0.15, -0.1) is 0 Å². The molecule has 1 saturated carbocycles. The summed E-state index contributed by atoms with van der Waals surface area (Å²) in [5, 5.41) is 1.66. The van der Waals surface area contributed by atoms with Crippen LogP contribution >= 0.6 is 27.5 Å². The van der Waals surface area contributed by atoms with Crippen LogP contribution in [0.2, 0.25) is 5.02 Å². The van der Waals surface area contributed by atoms with Gasteiger partial charge in [-0.05, 0) is 43.4 Å². The van der Waals surface area contributed by atoms with E-state index in [1.54, 1.807) is 0 Å². The van der Waals surface area contributed by atoms with Crippen LogP contribution in [0.5, 0.6) is 0 Å². The number of nitrogens with zero attached hydrogens (tertiary/aromatic N) is 1. The highest BCUT2D eigenvalue weighted by molar-refractivity contribution is 9.08. The van der Waals surface area contributed by atoms with E-state index in [4.69, 9.17) is 11.6 Å². The lowest BCUT2D eigenvalue weighted by Crippen LogP contribution is -2.30. The van der Waals surface area contributed by atoms with E-state index >= 15 is 0 Å². The molecule has 0 aliphatic heterocycles. The molecule has 2 rings (SSSR count). The third kappa shape index (κ3) is 2.54. The van der Waals surface area contributed by atoms with Crippen LogP contribution in [-0.2, 0) is 5.33 Å². The molecule has 1 aromatic rings. The molecule has 0 saturated heterocycles. The lowest BCUT2D eigenvalue weighted by Gasteiger charge is -2.27. The fourth-order valence-electron chi connectivity index (χ4n) is 1.99. The van der Waals surface area contributed by atoms with Gasteiger partial charge in [0.15, 0.2) is 0 Å². The maximum atomic E-state index is 6.22. The Balaban J connectivity index is 2.16. The van der Waals surface area contributed by atoms with Crippen LogP contribution in [-0.4, -0.2) is 13.1 Å². The van der Waals surface area contributed by atoms with Gasteiger partial charge in [0.1, 0.15) is 0 Å². The van der Waals surface area contributed by atoms with E-state index in [0.717, 1.165) is 21.8 Å². The number of hydrogen-bond acceptors (Lipinski definition) is 1. The molecule has 1 fully saturated rings. The van der Waals surface area contributed by atoms with Crippen LogP contribution in [0.25, 0.3) is 0 Å². The molecule has 0 radical (unpaired) electrons. The van der Waals surface area contributed by atoms with Crippen LogP contribution in [0, 0.1) is 5.92 Å². The first-order valence-corrected chi connectivity index (χ1v) is 7.20. The second-order valence-corrected chi connectivity index (χ2v) is 5.57. The standard InChI is InChI=1S/C13H17BrClN/c1-9(10-3-4-10)16(2)12-6-5-11(8-14)13(15)7-12/h5-7,9-10H,3-4,8H2,1-2H3. The summed E-state index contributed by atoms with van der Waals surface area (Å²) in [4.78, 5) is 2.33. The minimum atomic E-state index is 0.617. The topological polar surface area (TPSA) is 3.24 Å². The van der Waals surface area contributed by atoms with Crippen molar-refractivity contribution >= 4 is 33.2 Å². The first-order chi connectivity index (χ1) is 7.63. The molecule has 1 atom stereocenters. The van der Waals surface area contributed by atoms with E-state index in [9.17, 15) is 0 Å². The van der Waals surface area contributed by atoms with E-state index in [-0.39, 0.29) is 0 Å². The van der Waals surface area contributed by atoms with Crippen molar-refractivity contribution in [3.05, 3.63) is 28.8 Å². The number of rotatable bonds is 4. The Labute approximate surface area is 111 Å². The molecule has 1 aromatic carbocycles. The maximum Gasteiger partial charge on any atom is 0.0467 e. The molecule has 16 heavy (non-hydrogen) atoms. The van der Waals surface area contributed by atoms with Crippen molar-refractivity contribution in [2.75, 3.05) is 11.9 Å². The minimum Gasteiger partial charge on any atom is -0.372 e. The zero-order chi connectivity index (χ0) is 11.7. The third-order valence-corrected chi connectivity index (χ3v) is 4.46. The summed E-state index contributed by atoms with van der Waals surface area (Å²) in [6, 6.07) is 6.94. The maximum absolute atomic E-state index is 6.22. The zero-order valence-corrected chi connectivity index (χ0v) is 12.1. The van der Waals surface area contributed by atoms with Crippen LogP contribution < -0.4 is 4.90 Å². The molecule has 1 unspecified atom stereocenters. The van der Waals surface area contributed by atoms with Crippen molar-refractivity contribution in [3.8, 4) is 0 Å². The summed E-state index contributed by atoms with van der Waals surface area (Å²) < 4.78 is 0. The first kappa shape index (κ1) is 12.3. The van der Waals surface area contributed by atoms with Crippen LogP contribution in [0.1, 0.15) is 25.3 Å². The zero-order valence-electron chi connectivity index (χ0n) is 9.71. The smallest absolute Gasteiger partial charge is 0.0467 e. The summed E-state index contributed by atoms with van der Waals surface area (Å²) in [6.07, 6.45) is 2.75. The van der Waals surface area contributed by atoms with Gasteiger partial charge in [-0.3, -0.25) is 0 Å². The molecular formula is C13H17BrClN. The summed E-state index contributed by atoms with van der Waals surface area (Å²) in [7, 11) is 2.16. The highest BCUT2D eigenvalue weighted by atomic mass is 79.9. The molecule has 0 aromatic heterocycles. The van der Waals surface area contributed by atoms with E-state index < -0.39 is 0 Å². The van der Waals surface area contributed by atoms with Gasteiger partial charge in [-0.1, -0.05) is 33.6 Å². The van der Waals surface area contributed by atoms with Gasteiger partial charge >= 0.3 is 0 Å². The van der Waals surface area contributed by atoms with Gasteiger partial charge < -0.3 is 4.90 Å². The Kier molecular flexibility index (Phi) is 3.81. The van der Waals surface area contributed by atoms with E-state index in [0.29, 0.717) is 6.04 Å². The fourth-order valence-corrected chi connectivity index (χ4v) is 2.89. The molecule has 1 aliphatic rings. The fraction of sp³-hybridized carbons (Fsp3) is 0.538. The second kappa shape index (κ2) is 4.97. The molecule has 0 spiro atoms. The summed E-state index contributed by atoms with van der Waals surface area (Å²) in [5.41, 5.74) is 2.37. The molecule has 88 valence electrons. The predicted molar refractivity (Wildman–Crippen MR) is 74.7 cm³/mol. The molecule has 1 nitrogen and oxygen atoms in total. The number of hydrogen-bond donors (Lipinski definition) is 0. The van der Waals surface area contributed by atoms with Crippen LogP contribution in [0.15, 0.2) is 18.2 Å². The minimum absolute atomic E-state index is 0.617. The summed E-state index contributed by atoms with van der Waals surface area (Å²) in [6.45, 7) is 2.30. The Morgan fingerprint density at radius 2 is 2.19 bits per heavy atom. The molecule has 0 N–H and O–H groups in total. The highest BCUT2D eigenvalue weighted by Crippen LogP contribution is 2.37. The van der Waals surface area contributed by atoms with Gasteiger partial charge in [0.05, 0.1) is 0 Å². The van der Waals surface area contributed by atoms with Crippen molar-refractivity contribution in [3.63, 3.8) is 0 Å². The second-order valence-electron chi connectivity index (χ2n) is 4.60. The Hall–Kier alpha value is -0.210. The number of benzene rings is 1. The van der Waals surface area contributed by atoms with Crippen molar-refractivity contribution in [1.29, 1.82) is 0 Å². The quantitative estimate of drug-likeness (QED) is 0.742. The van der Waals surface area contributed by atoms with Crippen LogP contribution in [0.4, 0.5) is 5.69 Å². The highest BCUT2D eigenvalue weighted by Gasteiger charge is 2.30. The molecular weight excluding hydrogens is 286 g/mol. The van der Waals surface area contributed by atoms with Crippen molar-refractivity contribution in [1.82, 2.24) is 0 Å². The lowest BCUT2D eigenvalue weighted by atomic mass is 10.1. The van der Waals surface area contributed by atoms with Crippen molar-refractivity contribution in [2.24, 2.45) is 5.92 Å². The molecule has 0 amide bonds. The first-order valence-electron chi connectivity index (χ1n) is 5.70. The predicted octanol–water partition coefficient (Wildman–Crippen LogP) is 4.47. The third-order valence-electron chi connectivity index (χ3n) is 3.50. The Morgan fingerprint density at radius 3 is 2.69 bits per heavy atom. The SMILES string of the molecule is CC(C1CC1)N(C)c1ccc(CBr)c(Cl)c1. The lowest BCUT2D eigenvalue weighted by molar-refractivity contribution is 0.609. The van der Waals surface area contributed by atoms with Gasteiger partial charge in [0.25, 0.3) is 0 Å². The van der Waals surface area contributed by atoms with Gasteiger partial charge in [0, 0.05) is 29.1 Å². The normalized spacial score (nSPS) is 17.2. The Morgan fingerprint density at radius 1 is 1.50 bits per heavy atom. The Bertz CT molecular complexity index is 376. The van der Waals surface area contributed by atoms with Crippen molar-refractivity contribution < 1.29 is 0 Å². The van der Waals surface area contributed by atoms with E-state index in [2.05, 4.69) is 53.0 Å². The molecule has 1 aliphatic carbocycles. The largest absolute Gasteiger partial charge is 0.372 e. The summed E-state index contributed by atoms with van der Waals surface area (Å²) >= 11 is 9.65. The molecule has 0 heterocycles. The molecule has 3 heteroatoms. The van der Waals surface area contributed by atoms with Gasteiger partial charge in [0.2, 0.25) is 0 Å². The summed E-state index contributed by atoms with van der Waals surface area (Å²) in [5.74, 6) is 0.875. The van der Waals surface area contributed by atoms with E-state index in [1.807, 2.05) is 0 Å². The average Bonchev–Trinajstić information content (AvgIpc) is 3.11. The number of halogens is 2. The average molecular weight is 303 g/mol. The van der Waals surface area contributed by atoms with E-state index in [1.165, 1.54) is 18.5 Å². The van der Waals surface area contributed by atoms with Crippen molar-refractivity contribution in [2.45, 2.75) is 31.1 Å². The number of alkyl halides is 1. The van der Waals surface area contributed by atoms with Gasteiger partial charge in [-0.2, -0.15) is 0 Å². The van der Waals surface area contributed by atoms with Crippen LogP contribution in [0.3, 0.4) is 0 Å². The number of anilines is 1.